The summed E-state index contributed by atoms with van der Waals surface area (Å²) in [5, 5.41) is 2.97. The van der Waals surface area contributed by atoms with Crippen molar-refractivity contribution in [2.45, 2.75) is 33.6 Å². The fourth-order valence-corrected chi connectivity index (χ4v) is 2.58. The number of carbonyl (C=O) groups is 1. The molecule has 0 fully saturated rings. The number of nitrogens with zero attached hydrogens (tertiary/aromatic N) is 1. The third kappa shape index (κ3) is 5.13. The molecule has 0 unspecified atom stereocenters. The summed E-state index contributed by atoms with van der Waals surface area (Å²) in [4.78, 5) is 14.3. The molecule has 122 valence electrons. The maximum absolute atomic E-state index is 12.1. The normalized spacial score (nSPS) is 10.4. The molecule has 0 spiro atoms. The monoisotopic (exact) mass is 310 g/mol. The number of rotatable bonds is 7. The van der Waals surface area contributed by atoms with E-state index in [1.165, 1.54) is 16.8 Å². The van der Waals surface area contributed by atoms with Gasteiger partial charge in [0.2, 0.25) is 5.91 Å². The Balaban J connectivity index is 1.86. The van der Waals surface area contributed by atoms with E-state index >= 15 is 0 Å². The number of carbonyl (C=O) groups excluding carboxylic acids is 1. The first-order valence-corrected chi connectivity index (χ1v) is 8.32. The van der Waals surface area contributed by atoms with Crippen LogP contribution in [-0.4, -0.2) is 19.0 Å². The topological polar surface area (TPSA) is 32.3 Å². The van der Waals surface area contributed by atoms with Gasteiger partial charge in [-0.15, -0.1) is 0 Å². The first kappa shape index (κ1) is 17.1. The van der Waals surface area contributed by atoms with Gasteiger partial charge in [-0.05, 0) is 57.0 Å². The van der Waals surface area contributed by atoms with Crippen molar-refractivity contribution < 1.29 is 4.79 Å². The Bertz CT molecular complexity index is 613. The number of nitrogens with one attached hydrogen (secondary N) is 1. The SMILES string of the molecule is CCN(CC)c1ccc(NC(=O)CCc2ccc(C)cc2)cc1. The van der Waals surface area contributed by atoms with Gasteiger partial charge < -0.3 is 10.2 Å². The van der Waals surface area contributed by atoms with Gasteiger partial charge in [0.05, 0.1) is 0 Å². The van der Waals surface area contributed by atoms with Crippen LogP contribution in [0.2, 0.25) is 0 Å². The lowest BCUT2D eigenvalue weighted by atomic mass is 10.1. The summed E-state index contributed by atoms with van der Waals surface area (Å²) in [6, 6.07) is 16.4. The zero-order chi connectivity index (χ0) is 16.7. The van der Waals surface area contributed by atoms with Crippen molar-refractivity contribution >= 4 is 17.3 Å². The minimum absolute atomic E-state index is 0.0566. The highest BCUT2D eigenvalue weighted by Crippen LogP contribution is 2.18. The molecule has 2 aromatic carbocycles. The minimum Gasteiger partial charge on any atom is -0.372 e. The van der Waals surface area contributed by atoms with Gasteiger partial charge in [-0.3, -0.25) is 4.79 Å². The van der Waals surface area contributed by atoms with Gasteiger partial charge in [-0.1, -0.05) is 29.8 Å². The maximum atomic E-state index is 12.1. The van der Waals surface area contributed by atoms with Crippen molar-refractivity contribution in [1.82, 2.24) is 0 Å². The van der Waals surface area contributed by atoms with Crippen LogP contribution in [0.25, 0.3) is 0 Å². The molecule has 3 heteroatoms. The Kier molecular flexibility index (Phi) is 6.21. The fourth-order valence-electron chi connectivity index (χ4n) is 2.58. The molecule has 0 aliphatic carbocycles. The molecule has 0 radical (unpaired) electrons. The van der Waals surface area contributed by atoms with Crippen molar-refractivity contribution in [2.24, 2.45) is 0 Å². The summed E-state index contributed by atoms with van der Waals surface area (Å²) in [6.45, 7) is 8.32. The predicted molar refractivity (Wildman–Crippen MR) is 98.1 cm³/mol. The summed E-state index contributed by atoms with van der Waals surface area (Å²) >= 11 is 0. The number of benzene rings is 2. The summed E-state index contributed by atoms with van der Waals surface area (Å²) in [7, 11) is 0. The molecule has 0 aliphatic heterocycles. The highest BCUT2D eigenvalue weighted by atomic mass is 16.1. The van der Waals surface area contributed by atoms with Gasteiger partial charge >= 0.3 is 0 Å². The molecular formula is C20H26N2O. The van der Waals surface area contributed by atoms with Crippen LogP contribution < -0.4 is 10.2 Å². The Labute approximate surface area is 139 Å². The van der Waals surface area contributed by atoms with Crippen molar-refractivity contribution in [3.05, 3.63) is 59.7 Å². The lowest BCUT2D eigenvalue weighted by molar-refractivity contribution is -0.116. The molecular weight excluding hydrogens is 284 g/mol. The average Bonchev–Trinajstić information content (AvgIpc) is 2.57. The van der Waals surface area contributed by atoms with E-state index in [0.29, 0.717) is 6.42 Å². The van der Waals surface area contributed by atoms with E-state index in [9.17, 15) is 4.79 Å². The van der Waals surface area contributed by atoms with E-state index in [1.54, 1.807) is 0 Å². The van der Waals surface area contributed by atoms with Gasteiger partial charge in [0, 0.05) is 30.9 Å². The molecule has 2 aromatic rings. The number of hydrogen-bond donors (Lipinski definition) is 1. The molecule has 1 N–H and O–H groups in total. The minimum atomic E-state index is 0.0566. The second-order valence-corrected chi connectivity index (χ2v) is 5.75. The Hall–Kier alpha value is -2.29. The van der Waals surface area contributed by atoms with Gasteiger partial charge in [0.1, 0.15) is 0 Å². The van der Waals surface area contributed by atoms with Crippen LogP contribution in [0.4, 0.5) is 11.4 Å². The highest BCUT2D eigenvalue weighted by molar-refractivity contribution is 5.91. The Morgan fingerprint density at radius 1 is 0.957 bits per heavy atom. The van der Waals surface area contributed by atoms with Crippen LogP contribution in [0.1, 0.15) is 31.4 Å². The number of anilines is 2. The lowest BCUT2D eigenvalue weighted by Crippen LogP contribution is -2.21. The largest absolute Gasteiger partial charge is 0.372 e. The molecule has 23 heavy (non-hydrogen) atoms. The lowest BCUT2D eigenvalue weighted by Gasteiger charge is -2.21. The highest BCUT2D eigenvalue weighted by Gasteiger charge is 2.05. The van der Waals surface area contributed by atoms with E-state index in [-0.39, 0.29) is 5.91 Å². The number of amides is 1. The molecule has 0 heterocycles. The summed E-state index contributed by atoms with van der Waals surface area (Å²) in [5.41, 5.74) is 4.48. The predicted octanol–water partition coefficient (Wildman–Crippen LogP) is 4.41. The standard InChI is InChI=1S/C20H26N2O/c1-4-22(5-2)19-13-11-18(12-14-19)21-20(23)15-10-17-8-6-16(3)7-9-17/h6-9,11-14H,4-5,10,15H2,1-3H3,(H,21,23). The van der Waals surface area contributed by atoms with Crippen LogP contribution in [0.3, 0.4) is 0 Å². The van der Waals surface area contributed by atoms with Crippen LogP contribution in [-0.2, 0) is 11.2 Å². The third-order valence-electron chi connectivity index (χ3n) is 4.04. The van der Waals surface area contributed by atoms with E-state index in [4.69, 9.17) is 0 Å². The van der Waals surface area contributed by atoms with E-state index < -0.39 is 0 Å². The molecule has 0 saturated heterocycles. The summed E-state index contributed by atoms with van der Waals surface area (Å²) in [5.74, 6) is 0.0566. The molecule has 0 atom stereocenters. The van der Waals surface area contributed by atoms with Crippen molar-refractivity contribution in [2.75, 3.05) is 23.3 Å². The number of aryl methyl sites for hydroxylation is 2. The molecule has 1 amide bonds. The first-order valence-electron chi connectivity index (χ1n) is 8.32. The second kappa shape index (κ2) is 8.37. The summed E-state index contributed by atoms with van der Waals surface area (Å²) < 4.78 is 0. The van der Waals surface area contributed by atoms with E-state index in [2.05, 4.69) is 67.4 Å². The molecule has 3 nitrogen and oxygen atoms in total. The molecule has 0 aromatic heterocycles. The van der Waals surface area contributed by atoms with Gasteiger partial charge in [-0.25, -0.2) is 0 Å². The number of hydrogen-bond acceptors (Lipinski definition) is 2. The van der Waals surface area contributed by atoms with Gasteiger partial charge in [0.15, 0.2) is 0 Å². The van der Waals surface area contributed by atoms with Crippen molar-refractivity contribution in [3.8, 4) is 0 Å². The van der Waals surface area contributed by atoms with Gasteiger partial charge in [-0.2, -0.15) is 0 Å². The maximum Gasteiger partial charge on any atom is 0.224 e. The van der Waals surface area contributed by atoms with Crippen molar-refractivity contribution in [3.63, 3.8) is 0 Å². The second-order valence-electron chi connectivity index (χ2n) is 5.75. The average molecular weight is 310 g/mol. The Morgan fingerprint density at radius 2 is 1.57 bits per heavy atom. The molecule has 0 aliphatic rings. The third-order valence-corrected chi connectivity index (χ3v) is 4.04. The van der Waals surface area contributed by atoms with Gasteiger partial charge in [0.25, 0.3) is 0 Å². The van der Waals surface area contributed by atoms with Crippen LogP contribution >= 0.6 is 0 Å². The zero-order valence-corrected chi connectivity index (χ0v) is 14.3. The van der Waals surface area contributed by atoms with Crippen molar-refractivity contribution in [1.29, 1.82) is 0 Å². The van der Waals surface area contributed by atoms with Crippen LogP contribution in [0.5, 0.6) is 0 Å². The Morgan fingerprint density at radius 3 is 2.13 bits per heavy atom. The first-order chi connectivity index (χ1) is 11.1. The zero-order valence-electron chi connectivity index (χ0n) is 14.3. The fraction of sp³-hybridized carbons (Fsp3) is 0.350. The van der Waals surface area contributed by atoms with Crippen LogP contribution in [0, 0.1) is 6.92 Å². The quantitative estimate of drug-likeness (QED) is 0.821. The van der Waals surface area contributed by atoms with E-state index in [0.717, 1.165) is 25.2 Å². The molecule has 2 rings (SSSR count). The smallest absolute Gasteiger partial charge is 0.224 e. The molecule has 0 saturated carbocycles. The molecule has 0 bridgehead atoms. The van der Waals surface area contributed by atoms with E-state index in [1.807, 2.05) is 12.1 Å². The van der Waals surface area contributed by atoms with Crippen LogP contribution in [0.15, 0.2) is 48.5 Å². The summed E-state index contributed by atoms with van der Waals surface area (Å²) in [6.07, 6.45) is 1.27.